The Balaban J connectivity index is 1.43. The van der Waals surface area contributed by atoms with Gasteiger partial charge in [-0.1, -0.05) is 30.4 Å². The van der Waals surface area contributed by atoms with Crippen LogP contribution in [0.4, 0.5) is 5.82 Å². The molecule has 3 aromatic rings. The summed E-state index contributed by atoms with van der Waals surface area (Å²) >= 11 is 0. The minimum atomic E-state index is -3.62. The van der Waals surface area contributed by atoms with Crippen LogP contribution in [0.2, 0.25) is 0 Å². The van der Waals surface area contributed by atoms with E-state index in [0.29, 0.717) is 29.2 Å². The molecule has 34 heavy (non-hydrogen) atoms. The molecule has 12 heteroatoms. The second-order valence-electron chi connectivity index (χ2n) is 7.79. The Morgan fingerprint density at radius 2 is 2.06 bits per heavy atom. The van der Waals surface area contributed by atoms with Crippen molar-refractivity contribution in [2.75, 3.05) is 18.7 Å². The standard InChI is InChI=1S/C22H27N6O5P/c1-3-31-22(29)15(2)27-34(30,33-17-7-5-4-6-8-17)14-32-18-10-9-16(11-18)28-13-26-19-20(23)24-12-25-21(19)28/h4-10,12-13,15-16,18H,3,11,14H2,1-2H3,(H,27,30)(H2,23,24,25)/t15-,16-,18+,34?/m0/s1. The van der Waals surface area contributed by atoms with E-state index in [1.165, 1.54) is 6.33 Å². The van der Waals surface area contributed by atoms with Crippen molar-refractivity contribution in [3.8, 4) is 5.75 Å². The Morgan fingerprint density at radius 1 is 1.26 bits per heavy atom. The van der Waals surface area contributed by atoms with Gasteiger partial charge < -0.3 is 24.3 Å². The van der Waals surface area contributed by atoms with Crippen LogP contribution in [-0.4, -0.2) is 50.6 Å². The normalized spacial score (nSPS) is 20.2. The van der Waals surface area contributed by atoms with Gasteiger partial charge in [0.05, 0.1) is 25.1 Å². The Kier molecular flexibility index (Phi) is 7.26. The summed E-state index contributed by atoms with van der Waals surface area (Å²) in [5.74, 6) is 0.202. The van der Waals surface area contributed by atoms with Gasteiger partial charge in [0.15, 0.2) is 11.5 Å². The van der Waals surface area contributed by atoms with Crippen molar-refractivity contribution < 1.29 is 23.4 Å². The minimum Gasteiger partial charge on any atom is -0.465 e. The van der Waals surface area contributed by atoms with Gasteiger partial charge in [-0.3, -0.25) is 9.36 Å². The van der Waals surface area contributed by atoms with Crippen molar-refractivity contribution in [2.45, 2.75) is 38.5 Å². The summed E-state index contributed by atoms with van der Waals surface area (Å²) in [5, 5.41) is 2.78. The van der Waals surface area contributed by atoms with Crippen LogP contribution in [0.5, 0.6) is 5.75 Å². The van der Waals surface area contributed by atoms with Gasteiger partial charge in [0.2, 0.25) is 0 Å². The summed E-state index contributed by atoms with van der Waals surface area (Å²) in [5.41, 5.74) is 7.05. The minimum absolute atomic E-state index is 0.0647. The highest BCUT2D eigenvalue weighted by atomic mass is 31.2. The summed E-state index contributed by atoms with van der Waals surface area (Å²) in [6.45, 7) is 3.50. The van der Waals surface area contributed by atoms with E-state index in [1.807, 2.05) is 22.8 Å². The molecule has 4 atom stereocenters. The van der Waals surface area contributed by atoms with Crippen molar-refractivity contribution in [1.29, 1.82) is 0 Å². The van der Waals surface area contributed by atoms with Gasteiger partial charge in [0.25, 0.3) is 0 Å². The van der Waals surface area contributed by atoms with Crippen molar-refractivity contribution in [3.05, 3.63) is 55.1 Å². The van der Waals surface area contributed by atoms with Crippen LogP contribution in [0.3, 0.4) is 0 Å². The molecule has 2 heterocycles. The topological polar surface area (TPSA) is 143 Å². The number of esters is 1. The predicted molar refractivity (Wildman–Crippen MR) is 126 cm³/mol. The Hall–Kier alpha value is -3.27. The number of anilines is 1. The highest BCUT2D eigenvalue weighted by Gasteiger charge is 2.33. The Bertz CT molecular complexity index is 1220. The molecule has 1 aliphatic carbocycles. The van der Waals surface area contributed by atoms with Gasteiger partial charge in [0, 0.05) is 6.42 Å². The zero-order valence-corrected chi connectivity index (χ0v) is 19.8. The number of carbonyl (C=O) groups excluding carboxylic acids is 1. The molecule has 0 aliphatic heterocycles. The van der Waals surface area contributed by atoms with Gasteiger partial charge in [0.1, 0.15) is 30.0 Å². The van der Waals surface area contributed by atoms with Crippen LogP contribution in [0.1, 0.15) is 26.3 Å². The molecule has 0 fully saturated rings. The average Bonchev–Trinajstić information content (AvgIpc) is 3.46. The number of allylic oxidation sites excluding steroid dienone is 1. The van der Waals surface area contributed by atoms with Gasteiger partial charge in [-0.05, 0) is 26.0 Å². The zero-order chi connectivity index (χ0) is 24.1. The first kappa shape index (κ1) is 23.9. The summed E-state index contributed by atoms with van der Waals surface area (Å²) in [7, 11) is -3.62. The summed E-state index contributed by atoms with van der Waals surface area (Å²) in [6, 6.07) is 7.83. The molecule has 0 bridgehead atoms. The lowest BCUT2D eigenvalue weighted by atomic mass is 10.2. The van der Waals surface area contributed by atoms with Crippen molar-refractivity contribution in [2.24, 2.45) is 0 Å². The molecule has 11 nitrogen and oxygen atoms in total. The third kappa shape index (κ3) is 5.44. The molecular formula is C22H27N6O5P. The number of fused-ring (bicyclic) bond motifs is 1. The fraction of sp³-hybridized carbons (Fsp3) is 0.364. The van der Waals surface area contributed by atoms with E-state index in [1.54, 1.807) is 44.4 Å². The Labute approximate surface area is 196 Å². The number of hydrogen-bond donors (Lipinski definition) is 2. The first-order chi connectivity index (χ1) is 16.4. The molecule has 1 aromatic carbocycles. The molecule has 0 amide bonds. The number of aromatic nitrogens is 4. The SMILES string of the molecule is CCOC(=O)[C@H](C)NP(=O)(CO[C@@H]1C=C[C@H](n2cnc3c(N)ncnc32)C1)Oc1ccccc1. The maximum absolute atomic E-state index is 13.6. The first-order valence-corrected chi connectivity index (χ1v) is 12.7. The second kappa shape index (κ2) is 10.3. The van der Waals surface area contributed by atoms with E-state index in [9.17, 15) is 9.36 Å². The Morgan fingerprint density at radius 3 is 2.82 bits per heavy atom. The fourth-order valence-electron chi connectivity index (χ4n) is 3.64. The summed E-state index contributed by atoms with van der Waals surface area (Å²) in [4.78, 5) is 24.6. The van der Waals surface area contributed by atoms with E-state index in [-0.39, 0.29) is 25.1 Å². The molecule has 1 unspecified atom stereocenters. The average molecular weight is 486 g/mol. The quantitative estimate of drug-likeness (QED) is 0.249. The largest absolute Gasteiger partial charge is 0.465 e. The highest BCUT2D eigenvalue weighted by molar-refractivity contribution is 7.57. The third-order valence-electron chi connectivity index (χ3n) is 5.25. The monoisotopic (exact) mass is 486 g/mol. The number of rotatable bonds is 10. The van der Waals surface area contributed by atoms with Crippen LogP contribution < -0.4 is 15.3 Å². The van der Waals surface area contributed by atoms with E-state index >= 15 is 0 Å². The number of nitrogen functional groups attached to an aromatic ring is 1. The molecule has 0 radical (unpaired) electrons. The third-order valence-corrected chi connectivity index (χ3v) is 7.03. The lowest BCUT2D eigenvalue weighted by molar-refractivity contribution is -0.144. The van der Waals surface area contributed by atoms with Gasteiger partial charge >= 0.3 is 13.5 Å². The van der Waals surface area contributed by atoms with Gasteiger partial charge in [-0.15, -0.1) is 0 Å². The van der Waals surface area contributed by atoms with Gasteiger partial charge in [-0.25, -0.2) is 20.0 Å². The number of hydrogen-bond acceptors (Lipinski definition) is 9. The highest BCUT2D eigenvalue weighted by Crippen LogP contribution is 2.44. The van der Waals surface area contributed by atoms with Crippen molar-refractivity contribution >= 4 is 30.5 Å². The number of imidazole rings is 1. The van der Waals surface area contributed by atoms with Crippen LogP contribution in [0, 0.1) is 0 Å². The van der Waals surface area contributed by atoms with Crippen LogP contribution >= 0.6 is 7.52 Å². The lowest BCUT2D eigenvalue weighted by Crippen LogP contribution is -2.35. The number of nitrogens with two attached hydrogens (primary N) is 1. The van der Waals surface area contributed by atoms with E-state index in [2.05, 4.69) is 20.0 Å². The zero-order valence-electron chi connectivity index (χ0n) is 18.9. The number of para-hydroxylation sites is 1. The lowest BCUT2D eigenvalue weighted by Gasteiger charge is -2.24. The van der Waals surface area contributed by atoms with Crippen LogP contribution in [-0.2, 0) is 18.8 Å². The number of nitrogens with one attached hydrogen (secondary N) is 1. The van der Waals surface area contributed by atoms with E-state index < -0.39 is 19.5 Å². The molecular weight excluding hydrogens is 459 g/mol. The van der Waals surface area contributed by atoms with E-state index in [4.69, 9.17) is 19.7 Å². The second-order valence-corrected chi connectivity index (χ2v) is 9.83. The van der Waals surface area contributed by atoms with Crippen LogP contribution in [0.15, 0.2) is 55.1 Å². The maximum Gasteiger partial charge on any atom is 0.342 e. The van der Waals surface area contributed by atoms with Crippen LogP contribution in [0.25, 0.3) is 11.2 Å². The molecule has 3 N–H and O–H groups in total. The molecule has 180 valence electrons. The number of ether oxygens (including phenoxy) is 2. The molecule has 0 spiro atoms. The predicted octanol–water partition coefficient (Wildman–Crippen LogP) is 3.07. The van der Waals surface area contributed by atoms with E-state index in [0.717, 1.165) is 0 Å². The molecule has 0 saturated carbocycles. The summed E-state index contributed by atoms with van der Waals surface area (Å²) < 4.78 is 32.3. The number of carbonyl (C=O) groups is 1. The molecule has 2 aromatic heterocycles. The first-order valence-electron chi connectivity index (χ1n) is 10.9. The summed E-state index contributed by atoms with van der Waals surface area (Å²) in [6.07, 6.45) is 6.94. The fourth-order valence-corrected chi connectivity index (χ4v) is 5.37. The van der Waals surface area contributed by atoms with Crippen molar-refractivity contribution in [3.63, 3.8) is 0 Å². The maximum atomic E-state index is 13.6. The van der Waals surface area contributed by atoms with Gasteiger partial charge in [-0.2, -0.15) is 0 Å². The van der Waals surface area contributed by atoms with Crippen molar-refractivity contribution in [1.82, 2.24) is 24.6 Å². The molecule has 1 aliphatic rings. The number of benzene rings is 1. The molecule has 0 saturated heterocycles. The molecule has 4 rings (SSSR count). The number of nitrogens with zero attached hydrogens (tertiary/aromatic N) is 4. The smallest absolute Gasteiger partial charge is 0.342 e.